The van der Waals surface area contributed by atoms with Gasteiger partial charge in [-0.25, -0.2) is 4.79 Å². The van der Waals surface area contributed by atoms with Gasteiger partial charge in [-0.15, -0.1) is 0 Å². The van der Waals surface area contributed by atoms with E-state index in [-0.39, 0.29) is 16.9 Å². The summed E-state index contributed by atoms with van der Waals surface area (Å²) in [5.74, 6) is -0.135. The first-order chi connectivity index (χ1) is 17.4. The molecule has 0 aromatic heterocycles. The average molecular weight is 490 g/mol. The summed E-state index contributed by atoms with van der Waals surface area (Å²) in [6.45, 7) is 2.79. The summed E-state index contributed by atoms with van der Waals surface area (Å²) in [6.07, 6.45) is 6.19. The summed E-state index contributed by atoms with van der Waals surface area (Å²) in [5.41, 5.74) is 0.591. The molecule has 3 aromatic carbocycles. The van der Waals surface area contributed by atoms with Gasteiger partial charge in [-0.3, -0.25) is 14.9 Å². The number of carbonyl (C=O) groups excluding carboxylic acids is 2. The first-order valence-corrected chi connectivity index (χ1v) is 11.5. The van der Waals surface area contributed by atoms with Crippen molar-refractivity contribution in [2.75, 3.05) is 13.7 Å². The Balaban J connectivity index is 1.67. The molecule has 8 heteroatoms. The molecule has 0 N–H and O–H groups in total. The molecule has 0 unspecified atom stereocenters. The van der Waals surface area contributed by atoms with Crippen LogP contribution < -0.4 is 14.2 Å². The highest BCUT2D eigenvalue weighted by molar-refractivity contribution is 6.07. The zero-order valence-electron chi connectivity index (χ0n) is 20.1. The molecule has 0 aliphatic carbocycles. The van der Waals surface area contributed by atoms with E-state index in [4.69, 9.17) is 14.2 Å². The van der Waals surface area contributed by atoms with Crippen molar-refractivity contribution in [2.45, 2.75) is 26.2 Å². The average Bonchev–Trinajstić information content (AvgIpc) is 2.90. The van der Waals surface area contributed by atoms with E-state index in [9.17, 15) is 19.7 Å². The van der Waals surface area contributed by atoms with Crippen LogP contribution in [0, 0.1) is 10.1 Å². The second kappa shape index (κ2) is 12.9. The van der Waals surface area contributed by atoms with Gasteiger partial charge >= 0.3 is 11.7 Å². The maximum absolute atomic E-state index is 12.6. The lowest BCUT2D eigenvalue weighted by Crippen LogP contribution is -2.10. The van der Waals surface area contributed by atoms with Crippen molar-refractivity contribution in [1.82, 2.24) is 0 Å². The Kier molecular flexibility index (Phi) is 9.33. The second-order valence-corrected chi connectivity index (χ2v) is 7.88. The second-order valence-electron chi connectivity index (χ2n) is 7.88. The smallest absolute Gasteiger partial charge is 0.343 e. The van der Waals surface area contributed by atoms with Gasteiger partial charge in [0.15, 0.2) is 5.78 Å². The summed E-state index contributed by atoms with van der Waals surface area (Å²) in [6, 6.07) is 17.1. The number of benzene rings is 3. The van der Waals surface area contributed by atoms with Gasteiger partial charge in [-0.2, -0.15) is 0 Å². The van der Waals surface area contributed by atoms with Crippen LogP contribution in [0.15, 0.2) is 72.8 Å². The molecule has 0 saturated heterocycles. The van der Waals surface area contributed by atoms with Crippen molar-refractivity contribution < 1.29 is 28.7 Å². The van der Waals surface area contributed by atoms with Gasteiger partial charge in [0.1, 0.15) is 11.5 Å². The molecular weight excluding hydrogens is 462 g/mol. The number of nitro groups is 1. The normalized spacial score (nSPS) is 10.7. The number of hydrogen-bond donors (Lipinski definition) is 0. The molecule has 0 aliphatic heterocycles. The molecular formula is C28H27NO7. The molecule has 3 rings (SSSR count). The van der Waals surface area contributed by atoms with E-state index >= 15 is 0 Å². The summed E-state index contributed by atoms with van der Waals surface area (Å²) >= 11 is 0. The zero-order chi connectivity index (χ0) is 25.9. The lowest BCUT2D eigenvalue weighted by atomic mass is 10.1. The van der Waals surface area contributed by atoms with Crippen LogP contribution in [0.3, 0.4) is 0 Å². The fourth-order valence-corrected chi connectivity index (χ4v) is 3.27. The fourth-order valence-electron chi connectivity index (χ4n) is 3.27. The van der Waals surface area contributed by atoms with Crippen LogP contribution in [-0.4, -0.2) is 30.4 Å². The van der Waals surface area contributed by atoms with E-state index < -0.39 is 22.4 Å². The van der Waals surface area contributed by atoms with Crippen LogP contribution in [0.4, 0.5) is 5.69 Å². The quantitative estimate of drug-likeness (QED) is 0.0560. The lowest BCUT2D eigenvalue weighted by Gasteiger charge is -2.07. The number of esters is 1. The number of allylic oxidation sites excluding steroid dienone is 1. The fraction of sp³-hybridized carbons (Fsp3) is 0.214. The maximum Gasteiger partial charge on any atom is 0.343 e. The van der Waals surface area contributed by atoms with Gasteiger partial charge in [0.2, 0.25) is 5.75 Å². The van der Waals surface area contributed by atoms with E-state index in [1.807, 2.05) is 24.3 Å². The lowest BCUT2D eigenvalue weighted by molar-refractivity contribution is -0.385. The topological polar surface area (TPSA) is 105 Å². The van der Waals surface area contributed by atoms with E-state index in [1.165, 1.54) is 37.5 Å². The van der Waals surface area contributed by atoms with Crippen molar-refractivity contribution in [1.29, 1.82) is 0 Å². The Bertz CT molecular complexity index is 1230. The highest BCUT2D eigenvalue weighted by Gasteiger charge is 2.21. The third-order valence-corrected chi connectivity index (χ3v) is 5.29. The van der Waals surface area contributed by atoms with Gasteiger partial charge in [0.25, 0.3) is 0 Å². The third-order valence-electron chi connectivity index (χ3n) is 5.29. The molecule has 0 spiro atoms. The van der Waals surface area contributed by atoms with E-state index in [2.05, 4.69) is 6.92 Å². The Morgan fingerprint density at radius 3 is 2.22 bits per heavy atom. The largest absolute Gasteiger partial charge is 0.497 e. The number of carbonyl (C=O) groups is 2. The van der Waals surface area contributed by atoms with Gasteiger partial charge in [-0.05, 0) is 66.6 Å². The molecule has 3 aromatic rings. The minimum absolute atomic E-state index is 0.0954. The Morgan fingerprint density at radius 2 is 1.58 bits per heavy atom. The molecule has 0 saturated carbocycles. The van der Waals surface area contributed by atoms with Crippen molar-refractivity contribution >= 4 is 23.5 Å². The molecule has 0 atom stereocenters. The summed E-state index contributed by atoms with van der Waals surface area (Å²) in [5, 5.41) is 11.6. The summed E-state index contributed by atoms with van der Waals surface area (Å²) in [4.78, 5) is 35.9. The van der Waals surface area contributed by atoms with E-state index in [1.54, 1.807) is 18.2 Å². The predicted octanol–water partition coefficient (Wildman–Crippen LogP) is 6.29. The van der Waals surface area contributed by atoms with Crippen LogP contribution >= 0.6 is 0 Å². The predicted molar refractivity (Wildman–Crippen MR) is 136 cm³/mol. The van der Waals surface area contributed by atoms with Gasteiger partial charge in [0, 0.05) is 11.6 Å². The van der Waals surface area contributed by atoms with Crippen LogP contribution in [0.1, 0.15) is 52.5 Å². The molecule has 8 nitrogen and oxygen atoms in total. The summed E-state index contributed by atoms with van der Waals surface area (Å²) < 4.78 is 15.9. The molecule has 0 bridgehead atoms. The Labute approximate surface area is 209 Å². The first kappa shape index (κ1) is 26.2. The first-order valence-electron chi connectivity index (χ1n) is 11.5. The number of unbranched alkanes of at least 4 members (excludes halogenated alkanes) is 2. The minimum atomic E-state index is -0.766. The molecule has 0 radical (unpaired) electrons. The van der Waals surface area contributed by atoms with Gasteiger partial charge in [0.05, 0.1) is 24.2 Å². The number of rotatable bonds is 12. The SMILES string of the molecule is CCCCCOc1ccc(/C=C/C(=O)c2ccc(OC(=O)c3ccc(OC)cc3)c([N+](=O)[O-])c2)cc1. The number of ether oxygens (including phenoxy) is 3. The highest BCUT2D eigenvalue weighted by Crippen LogP contribution is 2.29. The molecule has 0 aliphatic rings. The standard InChI is InChI=1S/C28H27NO7/c1-3-4-5-18-35-24-12-6-20(7-13-24)8-16-26(30)22-11-17-27(25(19-22)29(32)33)36-28(31)21-9-14-23(34-2)15-10-21/h6-17,19H,3-5,18H2,1-2H3/b16-8+. The minimum Gasteiger partial charge on any atom is -0.497 e. The number of nitro benzene ring substituents is 1. The van der Waals surface area contributed by atoms with Gasteiger partial charge in [-0.1, -0.05) is 38.0 Å². The maximum atomic E-state index is 12.6. The van der Waals surface area contributed by atoms with Crippen molar-refractivity contribution in [3.8, 4) is 17.2 Å². The number of nitrogens with zero attached hydrogens (tertiary/aromatic N) is 1. The molecule has 0 amide bonds. The van der Waals surface area contributed by atoms with Crippen LogP contribution in [0.5, 0.6) is 17.2 Å². The monoisotopic (exact) mass is 489 g/mol. The van der Waals surface area contributed by atoms with Crippen LogP contribution in [0.25, 0.3) is 6.08 Å². The molecule has 0 fully saturated rings. The van der Waals surface area contributed by atoms with Crippen molar-refractivity contribution in [2.24, 2.45) is 0 Å². The summed E-state index contributed by atoms with van der Waals surface area (Å²) in [7, 11) is 1.50. The highest BCUT2D eigenvalue weighted by atomic mass is 16.6. The third kappa shape index (κ3) is 7.27. The molecule has 0 heterocycles. The molecule has 186 valence electrons. The van der Waals surface area contributed by atoms with Crippen LogP contribution in [0.2, 0.25) is 0 Å². The van der Waals surface area contributed by atoms with E-state index in [0.29, 0.717) is 12.4 Å². The number of hydrogen-bond acceptors (Lipinski definition) is 7. The Morgan fingerprint density at radius 1 is 0.917 bits per heavy atom. The Hall–Kier alpha value is -4.46. The number of ketones is 1. The molecule has 36 heavy (non-hydrogen) atoms. The van der Waals surface area contributed by atoms with Crippen LogP contribution in [-0.2, 0) is 0 Å². The number of methoxy groups -OCH3 is 1. The van der Waals surface area contributed by atoms with Crippen molar-refractivity contribution in [3.05, 3.63) is 99.6 Å². The zero-order valence-corrected chi connectivity index (χ0v) is 20.1. The van der Waals surface area contributed by atoms with E-state index in [0.717, 1.165) is 36.6 Å². The van der Waals surface area contributed by atoms with Gasteiger partial charge < -0.3 is 14.2 Å². The van der Waals surface area contributed by atoms with Crippen molar-refractivity contribution in [3.63, 3.8) is 0 Å².